The van der Waals surface area contributed by atoms with Gasteiger partial charge in [-0.05, 0) is 38.0 Å². The summed E-state index contributed by atoms with van der Waals surface area (Å²) in [5.74, 6) is 0.927. The van der Waals surface area contributed by atoms with Gasteiger partial charge in [0.05, 0.1) is 17.3 Å². The second-order valence-electron chi connectivity index (χ2n) is 6.14. The summed E-state index contributed by atoms with van der Waals surface area (Å²) < 4.78 is 32.5. The summed E-state index contributed by atoms with van der Waals surface area (Å²) in [6.45, 7) is 4.36. The third-order valence-corrected chi connectivity index (χ3v) is 6.95. The molecule has 0 spiro atoms. The molecule has 1 fully saturated rings. The number of sulfonamides is 1. The molecule has 1 aliphatic heterocycles. The highest BCUT2D eigenvalue weighted by molar-refractivity contribution is 7.99. The molecule has 0 aromatic heterocycles. The van der Waals surface area contributed by atoms with Crippen molar-refractivity contribution in [3.8, 4) is 0 Å². The van der Waals surface area contributed by atoms with Gasteiger partial charge >= 0.3 is 0 Å². The molecule has 6 nitrogen and oxygen atoms in total. The minimum absolute atomic E-state index is 0.143. The molecule has 1 amide bonds. The number of hydrogen-bond acceptors (Lipinski definition) is 5. The van der Waals surface area contributed by atoms with Gasteiger partial charge in [-0.2, -0.15) is 4.31 Å². The maximum atomic E-state index is 12.8. The van der Waals surface area contributed by atoms with Crippen LogP contribution in [-0.2, 0) is 19.6 Å². The van der Waals surface area contributed by atoms with E-state index in [-0.39, 0.29) is 10.8 Å². The van der Waals surface area contributed by atoms with E-state index in [0.29, 0.717) is 37.7 Å². The van der Waals surface area contributed by atoms with Gasteiger partial charge < -0.3 is 10.1 Å². The highest BCUT2D eigenvalue weighted by atomic mass is 32.2. The lowest BCUT2D eigenvalue weighted by atomic mass is 10.2. The molecule has 0 radical (unpaired) electrons. The zero-order valence-electron chi connectivity index (χ0n) is 15.3. The number of amides is 1. The summed E-state index contributed by atoms with van der Waals surface area (Å²) >= 11 is 1.49. The topological polar surface area (TPSA) is 75.7 Å². The zero-order valence-corrected chi connectivity index (χ0v) is 16.9. The predicted molar refractivity (Wildman–Crippen MR) is 106 cm³/mol. The van der Waals surface area contributed by atoms with E-state index in [1.807, 2.05) is 6.92 Å². The Kier molecular flexibility index (Phi) is 8.90. The SMILES string of the molecule is CCOCCSCC(=O)Nc1cccc(S(=O)(=O)N2CCCCCC2)c1. The van der Waals surface area contributed by atoms with Gasteiger partial charge in [0.1, 0.15) is 0 Å². The molecule has 0 atom stereocenters. The number of nitrogens with one attached hydrogen (secondary N) is 1. The lowest BCUT2D eigenvalue weighted by Gasteiger charge is -2.20. The Bertz CT molecular complexity index is 672. The Labute approximate surface area is 160 Å². The normalized spacial score (nSPS) is 16.2. The van der Waals surface area contributed by atoms with E-state index in [1.54, 1.807) is 28.6 Å². The number of nitrogens with zero attached hydrogens (tertiary/aromatic N) is 1. The smallest absolute Gasteiger partial charge is 0.243 e. The first-order chi connectivity index (χ1) is 12.5. The number of carbonyl (C=O) groups is 1. The van der Waals surface area contributed by atoms with Gasteiger partial charge in [0, 0.05) is 31.1 Å². The third kappa shape index (κ3) is 6.57. The molecule has 8 heteroatoms. The minimum Gasteiger partial charge on any atom is -0.381 e. The van der Waals surface area contributed by atoms with E-state index >= 15 is 0 Å². The molecular weight excluding hydrogens is 372 g/mol. The maximum absolute atomic E-state index is 12.8. The first-order valence-electron chi connectivity index (χ1n) is 9.09. The highest BCUT2D eigenvalue weighted by Crippen LogP contribution is 2.22. The Balaban J connectivity index is 1.95. The summed E-state index contributed by atoms with van der Waals surface area (Å²) in [5, 5.41) is 2.78. The van der Waals surface area contributed by atoms with Gasteiger partial charge in [-0.25, -0.2) is 8.42 Å². The Morgan fingerprint density at radius 1 is 1.23 bits per heavy atom. The van der Waals surface area contributed by atoms with Gasteiger partial charge in [-0.3, -0.25) is 4.79 Å². The van der Waals surface area contributed by atoms with Crippen LogP contribution in [0.3, 0.4) is 0 Å². The van der Waals surface area contributed by atoms with Crippen molar-refractivity contribution in [3.63, 3.8) is 0 Å². The van der Waals surface area contributed by atoms with E-state index in [1.165, 1.54) is 11.8 Å². The molecular formula is C18H28N2O4S2. The highest BCUT2D eigenvalue weighted by Gasteiger charge is 2.25. The average Bonchev–Trinajstić information content (AvgIpc) is 2.92. The summed E-state index contributed by atoms with van der Waals surface area (Å²) in [5.41, 5.74) is 0.510. The van der Waals surface area contributed by atoms with Crippen molar-refractivity contribution < 1.29 is 17.9 Å². The van der Waals surface area contributed by atoms with Crippen LogP contribution < -0.4 is 5.32 Å². The number of thioether (sulfide) groups is 1. The van der Waals surface area contributed by atoms with E-state index in [0.717, 1.165) is 31.4 Å². The summed E-state index contributed by atoms with van der Waals surface area (Å²) in [6.07, 6.45) is 3.94. The number of benzene rings is 1. The molecule has 1 heterocycles. The second-order valence-corrected chi connectivity index (χ2v) is 9.19. The van der Waals surface area contributed by atoms with Crippen LogP contribution in [0.2, 0.25) is 0 Å². The van der Waals surface area contributed by atoms with Crippen molar-refractivity contribution in [2.45, 2.75) is 37.5 Å². The minimum atomic E-state index is -3.51. The summed E-state index contributed by atoms with van der Waals surface area (Å²) in [6, 6.07) is 6.52. The van der Waals surface area contributed by atoms with E-state index in [2.05, 4.69) is 5.32 Å². The summed E-state index contributed by atoms with van der Waals surface area (Å²) in [4.78, 5) is 12.3. The van der Waals surface area contributed by atoms with Gasteiger partial charge in [-0.1, -0.05) is 18.9 Å². The Morgan fingerprint density at radius 2 is 1.96 bits per heavy atom. The molecule has 0 unspecified atom stereocenters. The molecule has 0 bridgehead atoms. The number of anilines is 1. The largest absolute Gasteiger partial charge is 0.381 e. The van der Waals surface area contributed by atoms with Crippen LogP contribution in [0.5, 0.6) is 0 Å². The fraction of sp³-hybridized carbons (Fsp3) is 0.611. The van der Waals surface area contributed by atoms with E-state index in [4.69, 9.17) is 4.74 Å². The van der Waals surface area contributed by atoms with Gasteiger partial charge in [0.2, 0.25) is 15.9 Å². The summed E-state index contributed by atoms with van der Waals surface area (Å²) in [7, 11) is -3.51. The van der Waals surface area contributed by atoms with Gasteiger partial charge in [0.15, 0.2) is 0 Å². The molecule has 26 heavy (non-hydrogen) atoms. The molecule has 1 aliphatic rings. The van der Waals surface area contributed by atoms with Crippen molar-refractivity contribution in [1.29, 1.82) is 0 Å². The van der Waals surface area contributed by atoms with Crippen LogP contribution in [-0.4, -0.2) is 56.4 Å². The first kappa shape index (κ1) is 21.2. The van der Waals surface area contributed by atoms with Crippen molar-refractivity contribution in [1.82, 2.24) is 4.31 Å². The zero-order chi connectivity index (χ0) is 18.8. The second kappa shape index (κ2) is 10.9. The fourth-order valence-electron chi connectivity index (χ4n) is 2.79. The van der Waals surface area contributed by atoms with Gasteiger partial charge in [-0.15, -0.1) is 11.8 Å². The van der Waals surface area contributed by atoms with Crippen LogP contribution in [0.15, 0.2) is 29.2 Å². The quantitative estimate of drug-likeness (QED) is 0.645. The van der Waals surface area contributed by atoms with Crippen LogP contribution in [0, 0.1) is 0 Å². The first-order valence-corrected chi connectivity index (χ1v) is 11.7. The van der Waals surface area contributed by atoms with Crippen LogP contribution in [0.1, 0.15) is 32.6 Å². The van der Waals surface area contributed by atoms with Crippen molar-refractivity contribution in [2.75, 3.05) is 43.1 Å². The molecule has 0 saturated carbocycles. The lowest BCUT2D eigenvalue weighted by molar-refractivity contribution is -0.113. The average molecular weight is 401 g/mol. The monoisotopic (exact) mass is 400 g/mol. The number of rotatable bonds is 9. The van der Waals surface area contributed by atoms with Crippen LogP contribution >= 0.6 is 11.8 Å². The fourth-order valence-corrected chi connectivity index (χ4v) is 4.99. The van der Waals surface area contributed by atoms with E-state index in [9.17, 15) is 13.2 Å². The molecule has 1 aromatic rings. The number of carbonyl (C=O) groups excluding carboxylic acids is 1. The molecule has 0 aliphatic carbocycles. The number of hydrogen-bond donors (Lipinski definition) is 1. The van der Waals surface area contributed by atoms with Gasteiger partial charge in [0.25, 0.3) is 0 Å². The standard InChI is InChI=1S/C18H28N2O4S2/c1-2-24-12-13-25-15-18(21)19-16-8-7-9-17(14-16)26(22,23)20-10-5-3-4-6-11-20/h7-9,14H,2-6,10-13,15H2,1H3,(H,19,21). The molecule has 2 rings (SSSR count). The van der Waals surface area contributed by atoms with Crippen molar-refractivity contribution in [3.05, 3.63) is 24.3 Å². The Hall–Kier alpha value is -1.09. The molecule has 1 aromatic carbocycles. The molecule has 1 N–H and O–H groups in total. The molecule has 1 saturated heterocycles. The maximum Gasteiger partial charge on any atom is 0.243 e. The van der Waals surface area contributed by atoms with E-state index < -0.39 is 10.0 Å². The molecule has 146 valence electrons. The lowest BCUT2D eigenvalue weighted by Crippen LogP contribution is -2.32. The van der Waals surface area contributed by atoms with Crippen molar-refractivity contribution >= 4 is 33.4 Å². The number of ether oxygens (including phenoxy) is 1. The van der Waals surface area contributed by atoms with Crippen LogP contribution in [0.25, 0.3) is 0 Å². The predicted octanol–water partition coefficient (Wildman–Crippen LogP) is 2.96. The van der Waals surface area contributed by atoms with Crippen LogP contribution in [0.4, 0.5) is 5.69 Å². The van der Waals surface area contributed by atoms with Crippen molar-refractivity contribution in [2.24, 2.45) is 0 Å². The third-order valence-electron chi connectivity index (χ3n) is 4.13. The Morgan fingerprint density at radius 3 is 2.65 bits per heavy atom.